The number of hydrogen-bond acceptors (Lipinski definition) is 4. The number of furan rings is 1. The summed E-state index contributed by atoms with van der Waals surface area (Å²) in [6.45, 7) is 4.30. The molecule has 4 rings (SSSR count). The summed E-state index contributed by atoms with van der Waals surface area (Å²) >= 11 is 0. The van der Waals surface area contributed by atoms with E-state index in [4.69, 9.17) is 4.42 Å². The number of rotatable bonds is 6. The fraction of sp³-hybridized carbons (Fsp3) is 0.364. The molecule has 1 aliphatic heterocycles. The Labute approximate surface area is 169 Å². The van der Waals surface area contributed by atoms with E-state index >= 15 is 0 Å². The summed E-state index contributed by atoms with van der Waals surface area (Å²) in [5.74, 6) is 0.383. The Morgan fingerprint density at radius 1 is 1.21 bits per heavy atom. The van der Waals surface area contributed by atoms with E-state index < -0.39 is 0 Å². The quantitative estimate of drug-likeness (QED) is 0.687. The minimum atomic E-state index is -0.307. The maximum Gasteiger partial charge on any atom is 0.254 e. The number of nitrogens with zero attached hydrogens (tertiary/aromatic N) is 3. The minimum absolute atomic E-state index is 0.0155. The Morgan fingerprint density at radius 2 is 1.97 bits per heavy atom. The van der Waals surface area contributed by atoms with Crippen molar-refractivity contribution in [3.05, 3.63) is 71.7 Å². The predicted octanol–water partition coefficient (Wildman–Crippen LogP) is 3.87. The van der Waals surface area contributed by atoms with Gasteiger partial charge in [-0.2, -0.15) is 5.10 Å². The number of aromatic nitrogens is 2. The second kappa shape index (κ2) is 8.61. The molecule has 1 aromatic carbocycles. The molecule has 3 aromatic rings. The van der Waals surface area contributed by atoms with Crippen molar-refractivity contribution in [1.29, 1.82) is 0 Å². The number of hydrogen-bond donors (Lipinski definition) is 1. The molecule has 0 radical (unpaired) electrons. The van der Waals surface area contributed by atoms with Crippen LogP contribution >= 0.6 is 0 Å². The van der Waals surface area contributed by atoms with Crippen LogP contribution in [0.5, 0.6) is 0 Å². The van der Waals surface area contributed by atoms with E-state index in [2.05, 4.69) is 15.3 Å². The third-order valence-corrected chi connectivity index (χ3v) is 5.48. The Balaban J connectivity index is 1.47. The van der Waals surface area contributed by atoms with Crippen LogP contribution in [0.25, 0.3) is 5.69 Å². The number of carbonyl (C=O) groups excluding carboxylic acids is 1. The smallest absolute Gasteiger partial charge is 0.254 e. The van der Waals surface area contributed by atoms with Gasteiger partial charge in [0.05, 0.1) is 35.4 Å². The van der Waals surface area contributed by atoms with Crippen molar-refractivity contribution in [3.8, 4) is 5.69 Å². The summed E-state index contributed by atoms with van der Waals surface area (Å²) in [4.78, 5) is 15.2. The highest BCUT2D eigenvalue weighted by atomic mass is 19.1. The first kappa shape index (κ1) is 19.4. The number of piperidine rings is 1. The number of nitrogens with one attached hydrogen (secondary N) is 1. The Kier molecular flexibility index (Phi) is 5.76. The molecule has 1 N–H and O–H groups in total. The Bertz CT molecular complexity index is 944. The fourth-order valence-corrected chi connectivity index (χ4v) is 3.88. The van der Waals surface area contributed by atoms with Gasteiger partial charge in [0.2, 0.25) is 0 Å². The van der Waals surface area contributed by atoms with E-state index in [0.717, 1.165) is 31.7 Å². The molecule has 29 heavy (non-hydrogen) atoms. The molecule has 3 heterocycles. The van der Waals surface area contributed by atoms with Gasteiger partial charge in [-0.3, -0.25) is 9.69 Å². The zero-order valence-corrected chi connectivity index (χ0v) is 16.5. The summed E-state index contributed by atoms with van der Waals surface area (Å²) < 4.78 is 20.5. The largest absolute Gasteiger partial charge is 0.468 e. The molecule has 0 aliphatic carbocycles. The molecule has 0 spiro atoms. The van der Waals surface area contributed by atoms with Gasteiger partial charge in [-0.15, -0.1) is 0 Å². The third kappa shape index (κ3) is 4.24. The predicted molar refractivity (Wildman–Crippen MR) is 107 cm³/mol. The first-order chi connectivity index (χ1) is 14.1. The fourth-order valence-electron chi connectivity index (χ4n) is 3.88. The summed E-state index contributed by atoms with van der Waals surface area (Å²) in [6.07, 6.45) is 6.79. The molecule has 7 heteroatoms. The number of amides is 1. The lowest BCUT2D eigenvalue weighted by molar-refractivity contribution is 0.0913. The second-order valence-electron chi connectivity index (χ2n) is 7.37. The SMILES string of the molecule is Cc1c(C(=O)NCC(c2ccco2)N2CCCCC2)cnn1-c1ccc(F)cc1. The zero-order valence-electron chi connectivity index (χ0n) is 16.5. The zero-order chi connectivity index (χ0) is 20.2. The lowest BCUT2D eigenvalue weighted by Gasteiger charge is -2.33. The summed E-state index contributed by atoms with van der Waals surface area (Å²) in [7, 11) is 0. The van der Waals surface area contributed by atoms with Crippen LogP contribution in [0.15, 0.2) is 53.3 Å². The van der Waals surface area contributed by atoms with Crippen molar-refractivity contribution >= 4 is 5.91 Å². The van der Waals surface area contributed by atoms with E-state index in [1.165, 1.54) is 18.6 Å². The Morgan fingerprint density at radius 3 is 2.66 bits per heavy atom. The van der Waals surface area contributed by atoms with Crippen molar-refractivity contribution in [2.45, 2.75) is 32.2 Å². The molecule has 0 bridgehead atoms. The van der Waals surface area contributed by atoms with Crippen molar-refractivity contribution in [3.63, 3.8) is 0 Å². The number of benzene rings is 1. The first-order valence-electron chi connectivity index (χ1n) is 9.99. The third-order valence-electron chi connectivity index (χ3n) is 5.48. The van der Waals surface area contributed by atoms with Crippen LogP contribution in [0.4, 0.5) is 4.39 Å². The molecular formula is C22H25FN4O2. The average Bonchev–Trinajstić information content (AvgIpc) is 3.40. The highest BCUT2D eigenvalue weighted by Gasteiger charge is 2.25. The van der Waals surface area contributed by atoms with E-state index in [1.807, 2.05) is 19.1 Å². The number of carbonyl (C=O) groups is 1. The van der Waals surface area contributed by atoms with Crippen molar-refractivity contribution in [1.82, 2.24) is 20.0 Å². The van der Waals surface area contributed by atoms with Crippen LogP contribution in [-0.2, 0) is 0 Å². The molecule has 1 fully saturated rings. The van der Waals surface area contributed by atoms with Crippen molar-refractivity contribution in [2.24, 2.45) is 0 Å². The van der Waals surface area contributed by atoms with Crippen LogP contribution < -0.4 is 5.32 Å². The van der Waals surface area contributed by atoms with Gasteiger partial charge >= 0.3 is 0 Å². The van der Waals surface area contributed by atoms with E-state index in [9.17, 15) is 9.18 Å². The maximum absolute atomic E-state index is 13.2. The Hall–Kier alpha value is -2.93. The molecule has 1 atom stereocenters. The van der Waals surface area contributed by atoms with Gasteiger partial charge in [-0.05, 0) is 69.3 Å². The van der Waals surface area contributed by atoms with Gasteiger partial charge in [0, 0.05) is 6.54 Å². The topological polar surface area (TPSA) is 63.3 Å². The highest BCUT2D eigenvalue weighted by molar-refractivity contribution is 5.95. The van der Waals surface area contributed by atoms with Gasteiger partial charge in [0.25, 0.3) is 5.91 Å². The molecule has 152 valence electrons. The van der Waals surface area contributed by atoms with E-state index in [-0.39, 0.29) is 17.8 Å². The molecule has 2 aromatic heterocycles. The lowest BCUT2D eigenvalue weighted by Crippen LogP contribution is -2.40. The van der Waals surface area contributed by atoms with E-state index in [1.54, 1.807) is 29.3 Å². The lowest BCUT2D eigenvalue weighted by atomic mass is 10.1. The number of likely N-dealkylation sites (tertiary alicyclic amines) is 1. The standard InChI is InChI=1S/C22H25FN4O2/c1-16-19(14-25-27(16)18-9-7-17(23)8-10-18)22(28)24-15-20(21-6-5-13-29-21)26-11-3-2-4-12-26/h5-10,13-14,20H,2-4,11-12,15H2,1H3,(H,24,28). The van der Waals surface area contributed by atoms with Crippen molar-refractivity contribution in [2.75, 3.05) is 19.6 Å². The van der Waals surface area contributed by atoms with Crippen molar-refractivity contribution < 1.29 is 13.6 Å². The van der Waals surface area contributed by atoms with Crippen LogP contribution in [0, 0.1) is 12.7 Å². The van der Waals surface area contributed by atoms with Gasteiger partial charge < -0.3 is 9.73 Å². The molecule has 6 nitrogen and oxygen atoms in total. The molecular weight excluding hydrogens is 371 g/mol. The molecule has 1 unspecified atom stereocenters. The second-order valence-corrected chi connectivity index (χ2v) is 7.37. The molecule has 1 amide bonds. The summed E-state index contributed by atoms with van der Waals surface area (Å²) in [6, 6.07) is 9.89. The highest BCUT2D eigenvalue weighted by Crippen LogP contribution is 2.25. The van der Waals surface area contributed by atoms with Crippen LogP contribution in [-0.4, -0.2) is 40.2 Å². The van der Waals surface area contributed by atoms with Crippen LogP contribution in [0.2, 0.25) is 0 Å². The molecule has 1 saturated heterocycles. The summed E-state index contributed by atoms with van der Waals surface area (Å²) in [5, 5.41) is 7.35. The maximum atomic E-state index is 13.2. The monoisotopic (exact) mass is 396 g/mol. The number of halogens is 1. The normalized spacial score (nSPS) is 15.9. The van der Waals surface area contributed by atoms with E-state index in [0.29, 0.717) is 23.5 Å². The first-order valence-corrected chi connectivity index (χ1v) is 9.99. The van der Waals surface area contributed by atoms with Gasteiger partial charge in [-0.25, -0.2) is 9.07 Å². The van der Waals surface area contributed by atoms with Gasteiger partial charge in [0.15, 0.2) is 0 Å². The molecule has 0 saturated carbocycles. The summed E-state index contributed by atoms with van der Waals surface area (Å²) in [5.41, 5.74) is 1.93. The van der Waals surface area contributed by atoms with Crippen LogP contribution in [0.1, 0.15) is 47.1 Å². The van der Waals surface area contributed by atoms with Crippen LogP contribution in [0.3, 0.4) is 0 Å². The van der Waals surface area contributed by atoms with Gasteiger partial charge in [-0.1, -0.05) is 6.42 Å². The minimum Gasteiger partial charge on any atom is -0.468 e. The van der Waals surface area contributed by atoms with Gasteiger partial charge in [0.1, 0.15) is 11.6 Å². The molecule has 1 aliphatic rings. The average molecular weight is 396 g/mol.